The third-order valence-electron chi connectivity index (χ3n) is 2.58. The SMILES string of the molecule is N#CC1CN1CCNC(=O)c1ccccc1. The van der Waals surface area contributed by atoms with Crippen LogP contribution in [0.15, 0.2) is 30.3 Å². The summed E-state index contributed by atoms with van der Waals surface area (Å²) < 4.78 is 0. The first kappa shape index (κ1) is 10.7. The monoisotopic (exact) mass is 215 g/mol. The number of nitrogens with one attached hydrogen (secondary N) is 1. The molecule has 1 N–H and O–H groups in total. The van der Waals surface area contributed by atoms with Gasteiger partial charge in [0.1, 0.15) is 6.04 Å². The lowest BCUT2D eigenvalue weighted by molar-refractivity contribution is 0.0952. The Morgan fingerprint density at radius 2 is 2.25 bits per heavy atom. The van der Waals surface area contributed by atoms with Crippen LogP contribution >= 0.6 is 0 Å². The molecule has 0 saturated carbocycles. The minimum Gasteiger partial charge on any atom is -0.351 e. The molecule has 0 aromatic heterocycles. The molecule has 1 amide bonds. The molecule has 0 bridgehead atoms. The quantitative estimate of drug-likeness (QED) is 0.749. The zero-order chi connectivity index (χ0) is 11.4. The van der Waals surface area contributed by atoms with E-state index in [1.807, 2.05) is 23.1 Å². The molecule has 0 aliphatic carbocycles. The van der Waals surface area contributed by atoms with E-state index in [1.54, 1.807) is 12.1 Å². The van der Waals surface area contributed by atoms with E-state index in [4.69, 9.17) is 5.26 Å². The molecular weight excluding hydrogens is 202 g/mol. The van der Waals surface area contributed by atoms with Crippen molar-refractivity contribution in [1.82, 2.24) is 10.2 Å². The van der Waals surface area contributed by atoms with E-state index in [0.717, 1.165) is 13.1 Å². The number of nitrogens with zero attached hydrogens (tertiary/aromatic N) is 2. The molecule has 4 heteroatoms. The number of carbonyl (C=O) groups excluding carboxylic acids is 1. The van der Waals surface area contributed by atoms with Gasteiger partial charge in [-0.1, -0.05) is 18.2 Å². The molecule has 82 valence electrons. The maximum absolute atomic E-state index is 11.6. The van der Waals surface area contributed by atoms with E-state index in [9.17, 15) is 4.79 Å². The first-order chi connectivity index (χ1) is 7.81. The van der Waals surface area contributed by atoms with Crippen molar-refractivity contribution in [3.05, 3.63) is 35.9 Å². The van der Waals surface area contributed by atoms with Crippen LogP contribution in [0.5, 0.6) is 0 Å². The van der Waals surface area contributed by atoms with E-state index in [0.29, 0.717) is 12.1 Å². The number of hydrogen-bond donors (Lipinski definition) is 1. The number of rotatable bonds is 4. The second-order valence-electron chi connectivity index (χ2n) is 3.76. The predicted octanol–water partition coefficient (Wildman–Crippen LogP) is 0.624. The first-order valence-corrected chi connectivity index (χ1v) is 5.28. The normalized spacial score (nSPS) is 22.2. The van der Waals surface area contributed by atoms with Crippen LogP contribution in [0.3, 0.4) is 0 Å². The van der Waals surface area contributed by atoms with Gasteiger partial charge in [0.25, 0.3) is 5.91 Å². The lowest BCUT2D eigenvalue weighted by Crippen LogP contribution is -2.28. The Morgan fingerprint density at radius 3 is 2.88 bits per heavy atom. The van der Waals surface area contributed by atoms with Gasteiger partial charge < -0.3 is 5.32 Å². The molecule has 1 aliphatic heterocycles. The Kier molecular flexibility index (Phi) is 3.18. The second-order valence-corrected chi connectivity index (χ2v) is 3.76. The highest BCUT2D eigenvalue weighted by atomic mass is 16.1. The minimum atomic E-state index is -0.0593. The molecule has 1 saturated heterocycles. The fourth-order valence-corrected chi connectivity index (χ4v) is 1.55. The van der Waals surface area contributed by atoms with Gasteiger partial charge in [-0.25, -0.2) is 0 Å². The van der Waals surface area contributed by atoms with Crippen LogP contribution in [0.25, 0.3) is 0 Å². The van der Waals surface area contributed by atoms with E-state index < -0.39 is 0 Å². The largest absolute Gasteiger partial charge is 0.351 e. The maximum atomic E-state index is 11.6. The Bertz CT molecular complexity index is 410. The van der Waals surface area contributed by atoms with Crippen LogP contribution in [0.2, 0.25) is 0 Å². The summed E-state index contributed by atoms with van der Waals surface area (Å²) in [6.07, 6.45) is 0. The fourth-order valence-electron chi connectivity index (χ4n) is 1.55. The van der Waals surface area contributed by atoms with Crippen molar-refractivity contribution in [3.8, 4) is 6.07 Å². The van der Waals surface area contributed by atoms with Crippen LogP contribution in [-0.4, -0.2) is 36.5 Å². The number of hydrogen-bond acceptors (Lipinski definition) is 3. The van der Waals surface area contributed by atoms with Crippen molar-refractivity contribution in [1.29, 1.82) is 5.26 Å². The second kappa shape index (κ2) is 4.77. The molecule has 2 rings (SSSR count). The summed E-state index contributed by atoms with van der Waals surface area (Å²) in [7, 11) is 0. The molecule has 16 heavy (non-hydrogen) atoms. The van der Waals surface area contributed by atoms with E-state index >= 15 is 0 Å². The maximum Gasteiger partial charge on any atom is 0.251 e. The van der Waals surface area contributed by atoms with Gasteiger partial charge >= 0.3 is 0 Å². The van der Waals surface area contributed by atoms with E-state index in [-0.39, 0.29) is 11.9 Å². The van der Waals surface area contributed by atoms with Gasteiger partial charge in [0.15, 0.2) is 0 Å². The van der Waals surface area contributed by atoms with Crippen molar-refractivity contribution in [2.24, 2.45) is 0 Å². The fraction of sp³-hybridized carbons (Fsp3) is 0.333. The third-order valence-corrected chi connectivity index (χ3v) is 2.58. The summed E-state index contributed by atoms with van der Waals surface area (Å²) in [6.45, 7) is 2.17. The minimum absolute atomic E-state index is 0.0593. The third kappa shape index (κ3) is 2.59. The van der Waals surface area contributed by atoms with Gasteiger partial charge in [0.05, 0.1) is 6.07 Å². The topological polar surface area (TPSA) is 55.9 Å². The van der Waals surface area contributed by atoms with Crippen molar-refractivity contribution in [2.45, 2.75) is 6.04 Å². The van der Waals surface area contributed by atoms with Crippen LogP contribution in [0, 0.1) is 11.3 Å². The zero-order valence-corrected chi connectivity index (χ0v) is 8.89. The summed E-state index contributed by atoms with van der Waals surface area (Å²) in [5.41, 5.74) is 0.671. The molecule has 0 radical (unpaired) electrons. The van der Waals surface area contributed by atoms with Gasteiger partial charge in [-0.3, -0.25) is 9.69 Å². The molecular formula is C12H13N3O. The lowest BCUT2D eigenvalue weighted by Gasteiger charge is -2.05. The summed E-state index contributed by atoms with van der Waals surface area (Å²) in [5.74, 6) is -0.0593. The number of carbonyl (C=O) groups is 1. The highest BCUT2D eigenvalue weighted by molar-refractivity contribution is 5.94. The molecule has 2 unspecified atom stereocenters. The highest BCUT2D eigenvalue weighted by Crippen LogP contribution is 2.13. The van der Waals surface area contributed by atoms with Crippen LogP contribution in [0.1, 0.15) is 10.4 Å². The zero-order valence-electron chi connectivity index (χ0n) is 8.89. The predicted molar refractivity (Wildman–Crippen MR) is 59.7 cm³/mol. The molecule has 1 aromatic carbocycles. The van der Waals surface area contributed by atoms with Gasteiger partial charge in [0.2, 0.25) is 0 Å². The number of nitriles is 1. The Balaban J connectivity index is 1.71. The average molecular weight is 215 g/mol. The van der Waals surface area contributed by atoms with Crippen molar-refractivity contribution in [3.63, 3.8) is 0 Å². The number of benzene rings is 1. The summed E-state index contributed by atoms with van der Waals surface area (Å²) in [6, 6.07) is 11.4. The van der Waals surface area contributed by atoms with Crippen molar-refractivity contribution in [2.75, 3.05) is 19.6 Å². The van der Waals surface area contributed by atoms with Gasteiger partial charge in [-0.2, -0.15) is 5.26 Å². The van der Waals surface area contributed by atoms with E-state index in [2.05, 4.69) is 11.4 Å². The molecule has 1 heterocycles. The Morgan fingerprint density at radius 1 is 1.50 bits per heavy atom. The Labute approximate surface area is 94.5 Å². The molecule has 0 spiro atoms. The summed E-state index contributed by atoms with van der Waals surface area (Å²) in [4.78, 5) is 13.6. The van der Waals surface area contributed by atoms with Crippen molar-refractivity contribution < 1.29 is 4.79 Å². The Hall–Kier alpha value is -1.86. The standard InChI is InChI=1S/C12H13N3O/c13-8-11-9-15(11)7-6-14-12(16)10-4-2-1-3-5-10/h1-5,11H,6-7,9H2,(H,14,16). The van der Waals surface area contributed by atoms with Crippen LogP contribution < -0.4 is 5.32 Å². The average Bonchev–Trinajstić information content (AvgIpc) is 3.09. The van der Waals surface area contributed by atoms with Gasteiger partial charge in [0, 0.05) is 25.2 Å². The molecule has 2 atom stereocenters. The lowest BCUT2D eigenvalue weighted by atomic mass is 10.2. The van der Waals surface area contributed by atoms with Crippen LogP contribution in [0.4, 0.5) is 0 Å². The van der Waals surface area contributed by atoms with Crippen LogP contribution in [-0.2, 0) is 0 Å². The molecule has 1 aliphatic rings. The first-order valence-electron chi connectivity index (χ1n) is 5.28. The van der Waals surface area contributed by atoms with Crippen molar-refractivity contribution >= 4 is 5.91 Å². The number of amides is 1. The summed E-state index contributed by atoms with van der Waals surface area (Å²) in [5, 5.41) is 11.4. The molecule has 4 nitrogen and oxygen atoms in total. The smallest absolute Gasteiger partial charge is 0.251 e. The highest BCUT2D eigenvalue weighted by Gasteiger charge is 2.32. The molecule has 1 aromatic rings. The van der Waals surface area contributed by atoms with Gasteiger partial charge in [-0.05, 0) is 12.1 Å². The summed E-state index contributed by atoms with van der Waals surface area (Å²) >= 11 is 0. The van der Waals surface area contributed by atoms with E-state index in [1.165, 1.54) is 0 Å². The molecule has 1 fully saturated rings. The van der Waals surface area contributed by atoms with Gasteiger partial charge in [-0.15, -0.1) is 0 Å².